The molecule has 0 saturated carbocycles. The van der Waals surface area contributed by atoms with Crippen molar-refractivity contribution in [2.45, 2.75) is 25.4 Å². The fourth-order valence-corrected chi connectivity index (χ4v) is 2.03. The molecule has 0 aliphatic carbocycles. The van der Waals surface area contributed by atoms with Gasteiger partial charge in [0.05, 0.1) is 5.52 Å². The number of halogens is 3. The zero-order chi connectivity index (χ0) is 15.3. The molecule has 0 radical (unpaired) electrons. The van der Waals surface area contributed by atoms with Crippen LogP contribution in [0.1, 0.15) is 18.4 Å². The Morgan fingerprint density at radius 2 is 1.95 bits per heavy atom. The van der Waals surface area contributed by atoms with Gasteiger partial charge in [-0.3, -0.25) is 9.78 Å². The summed E-state index contributed by atoms with van der Waals surface area (Å²) < 4.78 is 39.8. The number of carbonyl (C=O) groups is 1. The molecule has 0 atom stereocenters. The molecule has 1 aromatic carbocycles. The van der Waals surface area contributed by atoms with E-state index in [0.29, 0.717) is 12.8 Å². The Morgan fingerprint density at radius 1 is 1.19 bits per heavy atom. The van der Waals surface area contributed by atoms with E-state index in [9.17, 15) is 18.0 Å². The highest BCUT2D eigenvalue weighted by Gasteiger charge is 2.29. The van der Waals surface area contributed by atoms with Crippen LogP contribution in [0.3, 0.4) is 0 Å². The van der Waals surface area contributed by atoms with Crippen molar-refractivity contribution in [1.82, 2.24) is 4.98 Å². The fraction of sp³-hybridized carbons (Fsp3) is 0.333. The topological polar surface area (TPSA) is 39.2 Å². The van der Waals surface area contributed by atoms with Gasteiger partial charge < -0.3 is 4.74 Å². The average Bonchev–Trinajstić information content (AvgIpc) is 2.45. The molecule has 1 aromatic heterocycles. The van der Waals surface area contributed by atoms with E-state index >= 15 is 0 Å². The molecule has 2 rings (SSSR count). The predicted octanol–water partition coefficient (Wildman–Crippen LogP) is 3.66. The van der Waals surface area contributed by atoms with Gasteiger partial charge >= 0.3 is 12.1 Å². The number of aromatic nitrogens is 1. The lowest BCUT2D eigenvalue weighted by atomic mass is 10.0. The lowest BCUT2D eigenvalue weighted by Gasteiger charge is -2.08. The van der Waals surface area contributed by atoms with Crippen LogP contribution >= 0.6 is 0 Å². The molecule has 112 valence electrons. The molecule has 0 aliphatic rings. The highest BCUT2D eigenvalue weighted by molar-refractivity contribution is 5.81. The minimum atomic E-state index is -4.48. The Bertz CT molecular complexity index is 620. The molecule has 0 N–H and O–H groups in total. The third-order valence-electron chi connectivity index (χ3n) is 2.94. The molecular weight excluding hydrogens is 283 g/mol. The van der Waals surface area contributed by atoms with E-state index in [1.54, 1.807) is 6.20 Å². The summed E-state index contributed by atoms with van der Waals surface area (Å²) in [5.74, 6) is -0.833. The van der Waals surface area contributed by atoms with Crippen LogP contribution in [0, 0.1) is 0 Å². The lowest BCUT2D eigenvalue weighted by Crippen LogP contribution is -2.20. The van der Waals surface area contributed by atoms with Crippen LogP contribution in [0.5, 0.6) is 0 Å². The van der Waals surface area contributed by atoms with E-state index in [4.69, 9.17) is 0 Å². The maximum absolute atomic E-state index is 11.9. The van der Waals surface area contributed by atoms with Crippen LogP contribution in [0.25, 0.3) is 10.9 Å². The number of fused-ring (bicyclic) bond motifs is 1. The van der Waals surface area contributed by atoms with E-state index in [2.05, 4.69) is 9.72 Å². The van der Waals surface area contributed by atoms with Crippen molar-refractivity contribution < 1.29 is 22.7 Å². The maximum atomic E-state index is 11.9. The van der Waals surface area contributed by atoms with Crippen molar-refractivity contribution in [3.8, 4) is 0 Å². The minimum absolute atomic E-state index is 0.0424. The zero-order valence-electron chi connectivity index (χ0n) is 11.2. The molecule has 1 heterocycles. The largest absolute Gasteiger partial charge is 0.456 e. The van der Waals surface area contributed by atoms with Gasteiger partial charge in [0.25, 0.3) is 0 Å². The normalized spacial score (nSPS) is 11.6. The van der Waals surface area contributed by atoms with E-state index in [-0.39, 0.29) is 6.42 Å². The number of alkyl halides is 3. The van der Waals surface area contributed by atoms with Crippen LogP contribution in [0.4, 0.5) is 13.2 Å². The first-order chi connectivity index (χ1) is 9.96. The molecule has 2 aromatic rings. The summed E-state index contributed by atoms with van der Waals surface area (Å²) in [4.78, 5) is 15.5. The van der Waals surface area contributed by atoms with Gasteiger partial charge in [-0.25, -0.2) is 0 Å². The third kappa shape index (κ3) is 4.73. The summed E-state index contributed by atoms with van der Waals surface area (Å²) in [5.41, 5.74) is 1.82. The summed E-state index contributed by atoms with van der Waals surface area (Å²) in [6, 6.07) is 9.49. The highest BCUT2D eigenvalue weighted by Crippen LogP contribution is 2.18. The van der Waals surface area contributed by atoms with Gasteiger partial charge in [0.1, 0.15) is 0 Å². The van der Waals surface area contributed by atoms with Crippen molar-refractivity contribution in [1.29, 1.82) is 0 Å². The monoisotopic (exact) mass is 297 g/mol. The number of hydrogen-bond acceptors (Lipinski definition) is 3. The number of carbonyl (C=O) groups excluding carboxylic acids is 1. The summed E-state index contributed by atoms with van der Waals surface area (Å²) in [5, 5.41) is 0.995. The Morgan fingerprint density at radius 3 is 2.71 bits per heavy atom. The molecule has 21 heavy (non-hydrogen) atoms. The van der Waals surface area contributed by atoms with Crippen LogP contribution in [-0.2, 0) is 16.0 Å². The van der Waals surface area contributed by atoms with Crippen molar-refractivity contribution in [3.05, 3.63) is 42.1 Å². The van der Waals surface area contributed by atoms with Crippen molar-refractivity contribution in [2.75, 3.05) is 6.61 Å². The predicted molar refractivity (Wildman–Crippen MR) is 71.7 cm³/mol. The van der Waals surface area contributed by atoms with E-state index < -0.39 is 18.8 Å². The molecule has 0 bridgehead atoms. The number of ether oxygens (including phenoxy) is 1. The van der Waals surface area contributed by atoms with Gasteiger partial charge in [-0.1, -0.05) is 24.3 Å². The summed E-state index contributed by atoms with van der Waals surface area (Å²) in [6.07, 6.45) is -1.85. The number of nitrogens with zero attached hydrogens (tertiary/aromatic N) is 1. The number of rotatable bonds is 5. The zero-order valence-corrected chi connectivity index (χ0v) is 11.2. The van der Waals surface area contributed by atoms with Gasteiger partial charge in [0, 0.05) is 18.0 Å². The smallest absolute Gasteiger partial charge is 0.422 e. The third-order valence-corrected chi connectivity index (χ3v) is 2.94. The molecular formula is C15H14F3NO2. The van der Waals surface area contributed by atoms with Crippen molar-refractivity contribution >= 4 is 16.9 Å². The van der Waals surface area contributed by atoms with Gasteiger partial charge in [0.15, 0.2) is 6.61 Å². The van der Waals surface area contributed by atoms with E-state index in [1.165, 1.54) is 0 Å². The quantitative estimate of drug-likeness (QED) is 0.791. The Balaban J connectivity index is 1.87. The van der Waals surface area contributed by atoms with Crippen LogP contribution in [0.2, 0.25) is 0 Å². The Hall–Kier alpha value is -2.11. The second-order valence-corrected chi connectivity index (χ2v) is 4.62. The van der Waals surface area contributed by atoms with Crippen molar-refractivity contribution in [3.63, 3.8) is 0 Å². The second-order valence-electron chi connectivity index (χ2n) is 4.62. The SMILES string of the molecule is O=C(CCCc1cccc2cccnc12)OCC(F)(F)F. The van der Waals surface area contributed by atoms with Crippen LogP contribution < -0.4 is 0 Å². The number of pyridine rings is 1. The van der Waals surface area contributed by atoms with Crippen LogP contribution in [-0.4, -0.2) is 23.7 Å². The first-order valence-corrected chi connectivity index (χ1v) is 6.51. The molecule has 0 saturated heterocycles. The number of benzene rings is 1. The molecule has 0 amide bonds. The number of esters is 1. The first kappa shape index (κ1) is 15.3. The van der Waals surface area contributed by atoms with Gasteiger partial charge in [-0.05, 0) is 24.5 Å². The average molecular weight is 297 g/mol. The Kier molecular flexibility index (Phi) is 4.77. The first-order valence-electron chi connectivity index (χ1n) is 6.51. The number of aryl methyl sites for hydroxylation is 1. The fourth-order valence-electron chi connectivity index (χ4n) is 2.03. The molecule has 6 heteroatoms. The van der Waals surface area contributed by atoms with Gasteiger partial charge in [0.2, 0.25) is 0 Å². The number of hydrogen-bond donors (Lipinski definition) is 0. The number of para-hydroxylation sites is 1. The summed E-state index contributed by atoms with van der Waals surface area (Å²) >= 11 is 0. The summed E-state index contributed by atoms with van der Waals surface area (Å²) in [7, 11) is 0. The molecule has 0 fully saturated rings. The molecule has 0 spiro atoms. The summed E-state index contributed by atoms with van der Waals surface area (Å²) in [6.45, 7) is -1.53. The second kappa shape index (κ2) is 6.56. The minimum Gasteiger partial charge on any atom is -0.456 e. The molecule has 0 unspecified atom stereocenters. The van der Waals surface area contributed by atoms with Gasteiger partial charge in [-0.15, -0.1) is 0 Å². The maximum Gasteiger partial charge on any atom is 0.422 e. The van der Waals surface area contributed by atoms with Crippen LogP contribution in [0.15, 0.2) is 36.5 Å². The lowest BCUT2D eigenvalue weighted by molar-refractivity contribution is -0.186. The van der Waals surface area contributed by atoms with Gasteiger partial charge in [-0.2, -0.15) is 13.2 Å². The van der Waals surface area contributed by atoms with E-state index in [0.717, 1.165) is 16.5 Å². The molecule has 3 nitrogen and oxygen atoms in total. The van der Waals surface area contributed by atoms with Crippen molar-refractivity contribution in [2.24, 2.45) is 0 Å². The Labute approximate surface area is 119 Å². The van der Waals surface area contributed by atoms with E-state index in [1.807, 2.05) is 30.3 Å². The standard InChI is InChI=1S/C15H14F3NO2/c16-15(17,18)10-21-13(20)8-2-6-11-4-1-5-12-7-3-9-19-14(11)12/h1,3-5,7,9H,2,6,8,10H2. The molecule has 0 aliphatic heterocycles. The highest BCUT2D eigenvalue weighted by atomic mass is 19.4.